The third-order valence-corrected chi connectivity index (χ3v) is 2.91. The van der Waals surface area contributed by atoms with Crippen LogP contribution in [0.2, 0.25) is 0 Å². The first kappa shape index (κ1) is 14.0. The van der Waals surface area contributed by atoms with Gasteiger partial charge in [-0.05, 0) is 43.5 Å². The minimum atomic E-state index is -0.272. The molecule has 96 valence electrons. The normalized spacial score (nSPS) is 12.8. The highest BCUT2D eigenvalue weighted by Gasteiger charge is 2.16. The van der Waals surface area contributed by atoms with Gasteiger partial charge in [-0.2, -0.15) is 0 Å². The van der Waals surface area contributed by atoms with Crippen molar-refractivity contribution in [3.8, 4) is 5.75 Å². The lowest BCUT2D eigenvalue weighted by Gasteiger charge is -2.21. The monoisotopic (exact) mass is 239 g/mol. The molecular formula is C14H22FNO. The largest absolute Gasteiger partial charge is 0.491 e. The SMILES string of the molecule is CCOc1ccc(C(CNC)C(C)C)cc1F. The second-order valence-corrected chi connectivity index (χ2v) is 4.53. The molecule has 0 amide bonds. The Morgan fingerprint density at radius 3 is 2.53 bits per heavy atom. The summed E-state index contributed by atoms with van der Waals surface area (Å²) < 4.78 is 19.0. The van der Waals surface area contributed by atoms with Gasteiger partial charge in [0.25, 0.3) is 0 Å². The van der Waals surface area contributed by atoms with E-state index in [-0.39, 0.29) is 5.82 Å². The van der Waals surface area contributed by atoms with Crippen molar-refractivity contribution in [2.45, 2.75) is 26.7 Å². The Morgan fingerprint density at radius 2 is 2.06 bits per heavy atom. The van der Waals surface area contributed by atoms with Crippen LogP contribution in [0.5, 0.6) is 5.75 Å². The maximum absolute atomic E-state index is 13.8. The minimum absolute atomic E-state index is 0.272. The number of ether oxygens (including phenoxy) is 1. The molecule has 17 heavy (non-hydrogen) atoms. The highest BCUT2D eigenvalue weighted by molar-refractivity contribution is 5.31. The van der Waals surface area contributed by atoms with E-state index >= 15 is 0 Å². The van der Waals surface area contributed by atoms with Crippen molar-refractivity contribution in [3.05, 3.63) is 29.6 Å². The van der Waals surface area contributed by atoms with Gasteiger partial charge in [0.1, 0.15) is 0 Å². The molecule has 0 fully saturated rings. The fraction of sp³-hybridized carbons (Fsp3) is 0.571. The average Bonchev–Trinajstić information content (AvgIpc) is 2.28. The smallest absolute Gasteiger partial charge is 0.165 e. The van der Waals surface area contributed by atoms with E-state index < -0.39 is 0 Å². The van der Waals surface area contributed by atoms with Crippen molar-refractivity contribution >= 4 is 0 Å². The van der Waals surface area contributed by atoms with Crippen LogP contribution in [0.15, 0.2) is 18.2 Å². The summed E-state index contributed by atoms with van der Waals surface area (Å²) in [5.74, 6) is 0.860. The Balaban J connectivity index is 2.93. The molecule has 0 bridgehead atoms. The van der Waals surface area contributed by atoms with Crippen LogP contribution in [-0.4, -0.2) is 20.2 Å². The fourth-order valence-corrected chi connectivity index (χ4v) is 1.98. The van der Waals surface area contributed by atoms with Gasteiger partial charge in [-0.15, -0.1) is 0 Å². The highest BCUT2D eigenvalue weighted by atomic mass is 19.1. The molecule has 0 saturated heterocycles. The molecule has 0 spiro atoms. The molecule has 0 heterocycles. The zero-order valence-corrected chi connectivity index (χ0v) is 11.1. The number of likely N-dealkylation sites (N-methyl/N-ethyl adjacent to an activating group) is 1. The molecule has 0 aliphatic heterocycles. The van der Waals surface area contributed by atoms with Crippen LogP contribution in [0, 0.1) is 11.7 Å². The molecule has 1 rings (SSSR count). The van der Waals surface area contributed by atoms with E-state index in [0.717, 1.165) is 12.1 Å². The molecule has 1 aromatic carbocycles. The quantitative estimate of drug-likeness (QED) is 0.823. The molecule has 0 saturated carbocycles. The number of nitrogens with one attached hydrogen (secondary N) is 1. The van der Waals surface area contributed by atoms with Gasteiger partial charge in [0.05, 0.1) is 6.61 Å². The molecule has 1 atom stereocenters. The fourth-order valence-electron chi connectivity index (χ4n) is 1.98. The molecular weight excluding hydrogens is 217 g/mol. The molecule has 0 aliphatic carbocycles. The second-order valence-electron chi connectivity index (χ2n) is 4.53. The van der Waals surface area contributed by atoms with Crippen molar-refractivity contribution in [2.75, 3.05) is 20.2 Å². The van der Waals surface area contributed by atoms with Crippen molar-refractivity contribution < 1.29 is 9.13 Å². The van der Waals surface area contributed by atoms with Gasteiger partial charge < -0.3 is 10.1 Å². The number of halogens is 1. The summed E-state index contributed by atoms with van der Waals surface area (Å²) in [7, 11) is 1.92. The standard InChI is InChI=1S/C14H22FNO/c1-5-17-14-7-6-11(8-13(14)15)12(9-16-4)10(2)3/h6-8,10,12,16H,5,9H2,1-4H3. The van der Waals surface area contributed by atoms with E-state index in [1.807, 2.05) is 20.0 Å². The zero-order chi connectivity index (χ0) is 12.8. The number of hydrogen-bond acceptors (Lipinski definition) is 2. The van der Waals surface area contributed by atoms with Crippen molar-refractivity contribution in [1.82, 2.24) is 5.32 Å². The summed E-state index contributed by atoms with van der Waals surface area (Å²) in [6.45, 7) is 7.49. The maximum Gasteiger partial charge on any atom is 0.165 e. The highest BCUT2D eigenvalue weighted by Crippen LogP contribution is 2.27. The third-order valence-electron chi connectivity index (χ3n) is 2.91. The summed E-state index contributed by atoms with van der Waals surface area (Å²) in [5, 5.41) is 3.15. The van der Waals surface area contributed by atoms with Crippen molar-refractivity contribution in [3.63, 3.8) is 0 Å². The summed E-state index contributed by atoms with van der Waals surface area (Å²) in [4.78, 5) is 0. The lowest BCUT2D eigenvalue weighted by molar-refractivity contribution is 0.321. The van der Waals surface area contributed by atoms with Crippen LogP contribution in [0.3, 0.4) is 0 Å². The van der Waals surface area contributed by atoms with E-state index in [9.17, 15) is 4.39 Å². The van der Waals surface area contributed by atoms with Crippen molar-refractivity contribution in [1.29, 1.82) is 0 Å². The zero-order valence-electron chi connectivity index (χ0n) is 11.1. The molecule has 0 aromatic heterocycles. The minimum Gasteiger partial charge on any atom is -0.491 e. The van der Waals surface area contributed by atoms with Gasteiger partial charge in [-0.1, -0.05) is 19.9 Å². The van der Waals surface area contributed by atoms with Gasteiger partial charge in [0, 0.05) is 6.54 Å². The van der Waals surface area contributed by atoms with E-state index in [0.29, 0.717) is 24.2 Å². The van der Waals surface area contributed by atoms with Gasteiger partial charge >= 0.3 is 0 Å². The Labute approximate surface area is 103 Å². The maximum atomic E-state index is 13.8. The van der Waals surface area contributed by atoms with E-state index in [4.69, 9.17) is 4.74 Å². The van der Waals surface area contributed by atoms with Crippen LogP contribution in [0.25, 0.3) is 0 Å². The number of rotatable bonds is 6. The van der Waals surface area contributed by atoms with Crippen LogP contribution < -0.4 is 10.1 Å². The first-order valence-corrected chi connectivity index (χ1v) is 6.17. The molecule has 0 aliphatic rings. The Bertz CT molecular complexity index is 352. The summed E-state index contributed by atoms with van der Waals surface area (Å²) in [6, 6.07) is 5.27. The Kier molecular flexibility index (Phi) is 5.42. The molecule has 3 heteroatoms. The van der Waals surface area contributed by atoms with Crippen LogP contribution >= 0.6 is 0 Å². The predicted molar refractivity (Wildman–Crippen MR) is 69.1 cm³/mol. The van der Waals surface area contributed by atoms with Gasteiger partial charge in [0.15, 0.2) is 11.6 Å². The van der Waals surface area contributed by atoms with Gasteiger partial charge in [-0.3, -0.25) is 0 Å². The van der Waals surface area contributed by atoms with Crippen LogP contribution in [0.4, 0.5) is 4.39 Å². The lowest BCUT2D eigenvalue weighted by Crippen LogP contribution is -2.21. The number of benzene rings is 1. The van der Waals surface area contributed by atoms with Crippen LogP contribution in [-0.2, 0) is 0 Å². The molecule has 2 nitrogen and oxygen atoms in total. The second kappa shape index (κ2) is 6.60. The summed E-state index contributed by atoms with van der Waals surface area (Å²) in [6.07, 6.45) is 0. The summed E-state index contributed by atoms with van der Waals surface area (Å²) in [5.41, 5.74) is 1.02. The molecule has 1 unspecified atom stereocenters. The Hall–Kier alpha value is -1.09. The van der Waals surface area contributed by atoms with E-state index in [1.54, 1.807) is 12.1 Å². The topological polar surface area (TPSA) is 21.3 Å². The first-order chi connectivity index (χ1) is 8.10. The van der Waals surface area contributed by atoms with Gasteiger partial charge in [-0.25, -0.2) is 4.39 Å². The Morgan fingerprint density at radius 1 is 1.35 bits per heavy atom. The van der Waals surface area contributed by atoms with Crippen molar-refractivity contribution in [2.24, 2.45) is 5.92 Å². The first-order valence-electron chi connectivity index (χ1n) is 6.17. The van der Waals surface area contributed by atoms with Gasteiger partial charge in [0.2, 0.25) is 0 Å². The summed E-state index contributed by atoms with van der Waals surface area (Å²) >= 11 is 0. The van der Waals surface area contributed by atoms with Crippen LogP contribution in [0.1, 0.15) is 32.3 Å². The molecule has 1 aromatic rings. The average molecular weight is 239 g/mol. The predicted octanol–water partition coefficient (Wildman–Crippen LogP) is 3.18. The lowest BCUT2D eigenvalue weighted by atomic mass is 9.88. The number of hydrogen-bond donors (Lipinski definition) is 1. The van der Waals surface area contributed by atoms with E-state index in [2.05, 4.69) is 19.2 Å². The molecule has 0 radical (unpaired) electrons. The third kappa shape index (κ3) is 3.70. The molecule has 1 N–H and O–H groups in total. The van der Waals surface area contributed by atoms with E-state index in [1.165, 1.54) is 0 Å².